The van der Waals surface area contributed by atoms with Gasteiger partial charge in [-0.1, -0.05) is 38.3 Å². The molecular formula is C25H28N4O4. The van der Waals surface area contributed by atoms with E-state index in [0.717, 1.165) is 25.7 Å². The molecule has 172 valence electrons. The predicted molar refractivity (Wildman–Crippen MR) is 128 cm³/mol. The first-order valence-corrected chi connectivity index (χ1v) is 11.0. The lowest BCUT2D eigenvalue weighted by Gasteiger charge is -2.12. The van der Waals surface area contributed by atoms with Gasteiger partial charge in [0.2, 0.25) is 0 Å². The zero-order valence-electron chi connectivity index (χ0n) is 19.1. The molecule has 0 aliphatic carbocycles. The molecule has 0 spiro atoms. The van der Waals surface area contributed by atoms with Gasteiger partial charge in [0, 0.05) is 18.2 Å². The number of benzene rings is 2. The third kappa shape index (κ3) is 4.41. The number of fused-ring (bicyclic) bond motifs is 2. The number of nitrogens with two attached hydrogens (primary N) is 1. The van der Waals surface area contributed by atoms with Crippen LogP contribution >= 0.6 is 0 Å². The van der Waals surface area contributed by atoms with Crippen molar-refractivity contribution in [1.82, 2.24) is 14.5 Å². The maximum atomic E-state index is 13.1. The number of unbranched alkanes of at least 4 members (excludes halogenated alkanes) is 3. The summed E-state index contributed by atoms with van der Waals surface area (Å²) in [6.45, 7) is 2.47. The van der Waals surface area contributed by atoms with E-state index in [4.69, 9.17) is 29.9 Å². The Morgan fingerprint density at radius 2 is 1.64 bits per heavy atom. The summed E-state index contributed by atoms with van der Waals surface area (Å²) < 4.78 is 18.1. The normalized spacial score (nSPS) is 11.1. The molecule has 0 bridgehead atoms. The van der Waals surface area contributed by atoms with E-state index in [1.165, 1.54) is 0 Å². The first kappa shape index (κ1) is 22.4. The number of nitrogen functional groups attached to an aromatic ring is 1. The summed E-state index contributed by atoms with van der Waals surface area (Å²) in [5.41, 5.74) is 9.61. The molecule has 0 aliphatic rings. The lowest BCUT2D eigenvalue weighted by atomic mass is 10.2. The maximum absolute atomic E-state index is 13.1. The number of ether oxygens (including phenoxy) is 3. The number of carbonyl (C=O) groups is 1. The zero-order chi connectivity index (χ0) is 23.4. The third-order valence-electron chi connectivity index (χ3n) is 5.53. The fraction of sp³-hybridized carbons (Fsp3) is 0.320. The van der Waals surface area contributed by atoms with Crippen molar-refractivity contribution in [1.29, 1.82) is 0 Å². The quantitative estimate of drug-likeness (QED) is 0.287. The second-order valence-corrected chi connectivity index (χ2v) is 7.75. The van der Waals surface area contributed by atoms with E-state index in [0.29, 0.717) is 46.0 Å². The Balaban J connectivity index is 1.87. The Morgan fingerprint density at radius 3 is 2.27 bits per heavy atom. The second kappa shape index (κ2) is 9.77. The number of esters is 1. The van der Waals surface area contributed by atoms with Crippen LogP contribution in [0.1, 0.15) is 43.0 Å². The molecule has 0 aliphatic heterocycles. The highest BCUT2D eigenvalue weighted by Crippen LogP contribution is 2.34. The smallest absolute Gasteiger partial charge is 0.344 e. The Bertz CT molecular complexity index is 1280. The Morgan fingerprint density at radius 1 is 0.970 bits per heavy atom. The van der Waals surface area contributed by atoms with Gasteiger partial charge in [-0.25, -0.2) is 14.8 Å². The highest BCUT2D eigenvalue weighted by atomic mass is 16.5. The van der Waals surface area contributed by atoms with Gasteiger partial charge >= 0.3 is 5.97 Å². The third-order valence-corrected chi connectivity index (χ3v) is 5.53. The summed E-state index contributed by atoms with van der Waals surface area (Å²) in [5.74, 6) is 0.861. The Labute approximate surface area is 192 Å². The molecule has 4 rings (SSSR count). The van der Waals surface area contributed by atoms with Crippen molar-refractivity contribution in [2.24, 2.45) is 0 Å². The molecular weight excluding hydrogens is 420 g/mol. The molecule has 0 unspecified atom stereocenters. The molecule has 0 fully saturated rings. The number of anilines is 1. The van der Waals surface area contributed by atoms with Crippen molar-refractivity contribution in [3.05, 3.63) is 48.0 Å². The molecule has 2 heterocycles. The van der Waals surface area contributed by atoms with Crippen molar-refractivity contribution in [2.45, 2.75) is 32.6 Å². The van der Waals surface area contributed by atoms with Gasteiger partial charge in [-0.15, -0.1) is 0 Å². The van der Waals surface area contributed by atoms with Crippen molar-refractivity contribution >= 4 is 34.0 Å². The summed E-state index contributed by atoms with van der Waals surface area (Å²) >= 11 is 0. The molecule has 33 heavy (non-hydrogen) atoms. The fourth-order valence-electron chi connectivity index (χ4n) is 3.81. The molecule has 8 heteroatoms. The minimum absolute atomic E-state index is 0.203. The number of para-hydroxylation sites is 2. The van der Waals surface area contributed by atoms with Crippen LogP contribution in [0.5, 0.6) is 11.5 Å². The van der Waals surface area contributed by atoms with Crippen LogP contribution in [0.15, 0.2) is 42.5 Å². The van der Waals surface area contributed by atoms with Gasteiger partial charge < -0.3 is 19.9 Å². The number of carbonyl (C=O) groups excluding carboxylic acids is 1. The van der Waals surface area contributed by atoms with Crippen molar-refractivity contribution in [3.63, 3.8) is 0 Å². The van der Waals surface area contributed by atoms with Gasteiger partial charge in [-0.05, 0) is 18.6 Å². The summed E-state index contributed by atoms with van der Waals surface area (Å²) in [6.07, 6.45) is 4.03. The highest BCUT2D eigenvalue weighted by Gasteiger charge is 2.26. The molecule has 0 atom stereocenters. The van der Waals surface area contributed by atoms with E-state index in [2.05, 4.69) is 6.92 Å². The van der Waals surface area contributed by atoms with Gasteiger partial charge in [0.1, 0.15) is 28.4 Å². The van der Waals surface area contributed by atoms with Gasteiger partial charge in [0.25, 0.3) is 0 Å². The molecule has 2 aromatic carbocycles. The minimum Gasteiger partial charge on any atom is -0.497 e. The van der Waals surface area contributed by atoms with E-state index in [1.54, 1.807) is 37.0 Å². The Kier molecular flexibility index (Phi) is 6.63. The lowest BCUT2D eigenvalue weighted by molar-refractivity contribution is 0.0501. The van der Waals surface area contributed by atoms with E-state index in [-0.39, 0.29) is 11.4 Å². The molecule has 8 nitrogen and oxygen atoms in total. The molecule has 0 saturated carbocycles. The standard InChI is InChI=1S/C25H28N4O4/c1-4-5-6-9-12-33-25(30)21-22-24(28-20-11-8-7-10-19(20)27-22)29(23(21)26)16-13-17(31-2)15-18(14-16)32-3/h7-8,10-11,13-15H,4-6,9,12,26H2,1-3H3. The van der Waals surface area contributed by atoms with E-state index in [1.807, 2.05) is 24.3 Å². The molecule has 2 aromatic heterocycles. The summed E-state index contributed by atoms with van der Waals surface area (Å²) in [5, 5.41) is 0. The molecule has 4 aromatic rings. The number of methoxy groups -OCH3 is 2. The molecule has 0 amide bonds. The summed E-state index contributed by atoms with van der Waals surface area (Å²) in [4.78, 5) is 22.6. The number of aromatic nitrogens is 3. The first-order valence-electron chi connectivity index (χ1n) is 11.0. The average Bonchev–Trinajstić information content (AvgIpc) is 3.12. The largest absolute Gasteiger partial charge is 0.497 e. The van der Waals surface area contributed by atoms with Crippen LogP contribution in [0.2, 0.25) is 0 Å². The van der Waals surface area contributed by atoms with E-state index >= 15 is 0 Å². The number of rotatable bonds is 9. The second-order valence-electron chi connectivity index (χ2n) is 7.75. The molecule has 0 radical (unpaired) electrons. The first-order chi connectivity index (χ1) is 16.1. The van der Waals surface area contributed by atoms with Crippen LogP contribution in [0.3, 0.4) is 0 Å². The van der Waals surface area contributed by atoms with Crippen molar-refractivity contribution in [2.75, 3.05) is 26.6 Å². The van der Waals surface area contributed by atoms with Crippen molar-refractivity contribution in [3.8, 4) is 17.2 Å². The number of hydrogen-bond donors (Lipinski definition) is 1. The van der Waals surface area contributed by atoms with Crippen LogP contribution in [-0.2, 0) is 4.74 Å². The topological polar surface area (TPSA) is 101 Å². The SMILES string of the molecule is CCCCCCOC(=O)c1c(N)n(-c2cc(OC)cc(OC)c2)c2nc3ccccc3nc12. The van der Waals surface area contributed by atoms with Crippen LogP contribution in [-0.4, -0.2) is 41.3 Å². The molecule has 2 N–H and O–H groups in total. The van der Waals surface area contributed by atoms with Crippen molar-refractivity contribution < 1.29 is 19.0 Å². The highest BCUT2D eigenvalue weighted by molar-refractivity contribution is 6.09. The van der Waals surface area contributed by atoms with E-state index in [9.17, 15) is 4.79 Å². The Hall–Kier alpha value is -3.81. The number of hydrogen-bond acceptors (Lipinski definition) is 7. The maximum Gasteiger partial charge on any atom is 0.344 e. The minimum atomic E-state index is -0.507. The van der Waals surface area contributed by atoms with Crippen LogP contribution in [0.25, 0.3) is 27.9 Å². The van der Waals surface area contributed by atoms with Crippen LogP contribution < -0.4 is 15.2 Å². The van der Waals surface area contributed by atoms with E-state index < -0.39 is 5.97 Å². The summed E-state index contributed by atoms with van der Waals surface area (Å²) in [7, 11) is 3.15. The van der Waals surface area contributed by atoms with Gasteiger partial charge in [-0.3, -0.25) is 4.57 Å². The van der Waals surface area contributed by atoms with Gasteiger partial charge in [0.15, 0.2) is 5.65 Å². The van der Waals surface area contributed by atoms with Gasteiger partial charge in [0.05, 0.1) is 37.5 Å². The predicted octanol–water partition coefficient (Wildman–Crippen LogP) is 4.91. The summed E-state index contributed by atoms with van der Waals surface area (Å²) in [6, 6.07) is 12.8. The zero-order valence-corrected chi connectivity index (χ0v) is 19.1. The van der Waals surface area contributed by atoms with Gasteiger partial charge in [-0.2, -0.15) is 0 Å². The average molecular weight is 449 g/mol. The number of nitrogens with zero attached hydrogens (tertiary/aromatic N) is 3. The van der Waals surface area contributed by atoms with Crippen LogP contribution in [0, 0.1) is 0 Å². The fourth-order valence-corrected chi connectivity index (χ4v) is 3.81. The van der Waals surface area contributed by atoms with Crippen LogP contribution in [0.4, 0.5) is 5.82 Å². The lowest BCUT2D eigenvalue weighted by Crippen LogP contribution is -2.10. The molecule has 0 saturated heterocycles. The monoisotopic (exact) mass is 448 g/mol.